The Bertz CT molecular complexity index is 1470. The molecule has 19 heteroatoms. The van der Waals surface area contributed by atoms with Crippen molar-refractivity contribution in [3.05, 3.63) is 16.7 Å². The van der Waals surface area contributed by atoms with Gasteiger partial charge in [0.15, 0.2) is 36.1 Å². The minimum Gasteiger partial charge on any atom is -0.353 e. The molecule has 0 aromatic carbocycles. The highest BCUT2D eigenvalue weighted by molar-refractivity contribution is 7.87. The predicted octanol–water partition coefficient (Wildman–Crippen LogP) is 2.30. The molecule has 0 spiro atoms. The van der Waals surface area contributed by atoms with Crippen molar-refractivity contribution in [3.63, 3.8) is 0 Å². The number of rotatable bonds is 10. The molecule has 3 aliphatic rings. The maximum absolute atomic E-state index is 13.6. The highest BCUT2D eigenvalue weighted by Crippen LogP contribution is 2.40. The van der Waals surface area contributed by atoms with Gasteiger partial charge in [0.25, 0.3) is 5.56 Å². The van der Waals surface area contributed by atoms with Crippen LogP contribution in [0.1, 0.15) is 58.6 Å². The van der Waals surface area contributed by atoms with Crippen molar-refractivity contribution in [1.29, 1.82) is 0 Å². The van der Waals surface area contributed by atoms with Crippen LogP contribution in [0.5, 0.6) is 0 Å². The van der Waals surface area contributed by atoms with E-state index in [1.54, 1.807) is 13.8 Å². The number of nitrogens with zero attached hydrogens (tertiary/aromatic N) is 3. The van der Waals surface area contributed by atoms with Gasteiger partial charge in [-0.2, -0.15) is 26.6 Å². The summed E-state index contributed by atoms with van der Waals surface area (Å²) in [5.41, 5.74) is -7.02. The molecule has 2 aromatic heterocycles. The fourth-order valence-corrected chi connectivity index (χ4v) is 5.61. The minimum absolute atomic E-state index is 0.222. The first-order valence-electron chi connectivity index (χ1n) is 14.3. The lowest BCUT2D eigenvalue weighted by Gasteiger charge is -2.31. The van der Waals surface area contributed by atoms with Crippen LogP contribution in [0.15, 0.2) is 11.1 Å². The van der Waals surface area contributed by atoms with E-state index in [0.29, 0.717) is 32.5 Å². The van der Waals surface area contributed by atoms with Crippen LogP contribution in [0.25, 0.3) is 11.2 Å². The number of H-pyrrole nitrogens is 1. The molecule has 2 aromatic rings. The number of imidazole rings is 1. The molecule has 2 N–H and O–H groups in total. The van der Waals surface area contributed by atoms with E-state index < -0.39 is 70.1 Å². The van der Waals surface area contributed by atoms with E-state index in [9.17, 15) is 31.2 Å². The van der Waals surface area contributed by atoms with Gasteiger partial charge in [0.1, 0.15) is 12.2 Å². The summed E-state index contributed by atoms with van der Waals surface area (Å²) >= 11 is 0. The van der Waals surface area contributed by atoms with Crippen molar-refractivity contribution in [1.82, 2.24) is 19.5 Å². The molecule has 0 aliphatic carbocycles. The Hall–Kier alpha value is -2.68. The molecule has 0 bridgehead atoms. The number of fused-ring (bicyclic) bond motifs is 1. The van der Waals surface area contributed by atoms with E-state index in [2.05, 4.69) is 20.3 Å². The van der Waals surface area contributed by atoms with Crippen LogP contribution in [0.2, 0.25) is 0 Å². The molecule has 5 heterocycles. The fourth-order valence-electron chi connectivity index (χ4n) is 5.01. The smallest absolute Gasteiger partial charge is 0.353 e. The second-order valence-electron chi connectivity index (χ2n) is 10.9. The molecule has 0 radical (unpaired) electrons. The Morgan fingerprint density at radius 3 is 2.43 bits per heavy atom. The largest absolute Gasteiger partial charge is 0.523 e. The number of carbonyl (C=O) groups excluding carboxylic acids is 1. The summed E-state index contributed by atoms with van der Waals surface area (Å²) in [6.45, 7) is 3.75. The summed E-state index contributed by atoms with van der Waals surface area (Å²) in [5, 5.41) is 2.44. The van der Waals surface area contributed by atoms with Gasteiger partial charge in [-0.1, -0.05) is 13.8 Å². The summed E-state index contributed by atoms with van der Waals surface area (Å²) in [6.07, 6.45) is -2.61. The van der Waals surface area contributed by atoms with Crippen molar-refractivity contribution >= 4 is 33.1 Å². The van der Waals surface area contributed by atoms with Crippen LogP contribution in [-0.4, -0.2) is 90.1 Å². The average Bonchev–Trinajstić information content (AvgIpc) is 3.53. The van der Waals surface area contributed by atoms with Crippen molar-refractivity contribution in [2.24, 2.45) is 5.92 Å². The molecule has 3 fully saturated rings. The molecule has 1 amide bonds. The number of aromatic nitrogens is 4. The summed E-state index contributed by atoms with van der Waals surface area (Å²) in [7, 11) is -6.18. The Labute approximate surface area is 249 Å². The molecule has 3 aliphatic heterocycles. The van der Waals surface area contributed by atoms with Crippen LogP contribution in [0.3, 0.4) is 0 Å². The zero-order chi connectivity index (χ0) is 31.6. The van der Waals surface area contributed by atoms with Gasteiger partial charge >= 0.3 is 15.6 Å². The van der Waals surface area contributed by atoms with Crippen LogP contribution >= 0.6 is 0 Å². The Morgan fingerprint density at radius 1 is 1.14 bits per heavy atom. The lowest BCUT2D eigenvalue weighted by molar-refractivity contribution is -0.222. The number of anilines is 1. The summed E-state index contributed by atoms with van der Waals surface area (Å²) < 4.78 is 101. The molecule has 44 heavy (non-hydrogen) atoms. The lowest BCUT2D eigenvalue weighted by Crippen LogP contribution is -2.45. The van der Waals surface area contributed by atoms with E-state index in [4.69, 9.17) is 27.9 Å². The maximum Gasteiger partial charge on any atom is 0.523 e. The molecule has 2 unspecified atom stereocenters. The van der Waals surface area contributed by atoms with Crippen molar-refractivity contribution in [2.75, 3.05) is 25.1 Å². The van der Waals surface area contributed by atoms with Crippen molar-refractivity contribution in [2.45, 2.75) is 95.0 Å². The second kappa shape index (κ2) is 13.4. The number of nitrogens with one attached hydrogen (secondary N) is 2. The maximum atomic E-state index is 13.6. The third kappa shape index (κ3) is 7.24. The number of hydrogen-bond acceptors (Lipinski definition) is 12. The van der Waals surface area contributed by atoms with Gasteiger partial charge in [-0.05, 0) is 38.5 Å². The molecular formula is C25H34F3N5O10S. The zero-order valence-electron chi connectivity index (χ0n) is 23.9. The molecule has 0 saturated carbocycles. The van der Waals surface area contributed by atoms with Crippen LogP contribution < -0.4 is 10.9 Å². The third-order valence-corrected chi connectivity index (χ3v) is 8.35. The topological polar surface area (TPSA) is 182 Å². The van der Waals surface area contributed by atoms with Gasteiger partial charge in [0, 0.05) is 19.1 Å². The van der Waals surface area contributed by atoms with E-state index in [0.717, 1.165) is 30.2 Å². The van der Waals surface area contributed by atoms with Crippen molar-refractivity contribution < 1.29 is 54.3 Å². The van der Waals surface area contributed by atoms with Crippen molar-refractivity contribution in [3.8, 4) is 0 Å². The first-order chi connectivity index (χ1) is 20.8. The van der Waals surface area contributed by atoms with E-state index in [1.165, 1.54) is 0 Å². The second-order valence-corrected chi connectivity index (χ2v) is 12.5. The molecule has 6 atom stereocenters. The SMILES string of the molecule is CC(C)C(=O)Nc1nc2c(ncn2[C@@H]2O[C@H](COC3CCCCO3)[C@@H](OC3CCCCO3)[C@@H]2OS(=O)(=O)C(F)(F)F)c(=O)[nH]1. The Morgan fingerprint density at radius 2 is 1.82 bits per heavy atom. The number of alkyl halides is 3. The summed E-state index contributed by atoms with van der Waals surface area (Å²) in [5.74, 6) is -1.21. The van der Waals surface area contributed by atoms with E-state index in [1.807, 2.05) is 0 Å². The first-order valence-corrected chi connectivity index (χ1v) is 15.7. The van der Waals surface area contributed by atoms with Crippen LogP contribution in [0.4, 0.5) is 19.1 Å². The molecule has 246 valence electrons. The monoisotopic (exact) mass is 653 g/mol. The fraction of sp³-hybridized carbons (Fsp3) is 0.760. The predicted molar refractivity (Wildman–Crippen MR) is 143 cm³/mol. The van der Waals surface area contributed by atoms with Gasteiger partial charge in [-0.3, -0.25) is 28.6 Å². The first kappa shape index (κ1) is 32.7. The molecule has 5 rings (SSSR count). The van der Waals surface area contributed by atoms with Gasteiger partial charge < -0.3 is 23.7 Å². The zero-order valence-corrected chi connectivity index (χ0v) is 24.8. The van der Waals surface area contributed by atoms with E-state index >= 15 is 0 Å². The Balaban J connectivity index is 1.54. The van der Waals surface area contributed by atoms with Crippen LogP contribution in [-0.2, 0) is 42.8 Å². The average molecular weight is 654 g/mol. The van der Waals surface area contributed by atoms with E-state index in [-0.39, 0.29) is 23.7 Å². The van der Waals surface area contributed by atoms with Gasteiger partial charge in [0.2, 0.25) is 11.9 Å². The third-order valence-electron chi connectivity index (χ3n) is 7.31. The minimum atomic E-state index is -6.18. The quantitative estimate of drug-likeness (QED) is 0.282. The molecule has 3 saturated heterocycles. The highest BCUT2D eigenvalue weighted by Gasteiger charge is 2.56. The molecular weight excluding hydrogens is 619 g/mol. The summed E-state index contributed by atoms with van der Waals surface area (Å²) in [4.78, 5) is 35.6. The van der Waals surface area contributed by atoms with Gasteiger partial charge in [-0.25, -0.2) is 4.98 Å². The Kier molecular flexibility index (Phi) is 9.93. The number of hydrogen-bond donors (Lipinski definition) is 2. The normalized spacial score (nSPS) is 28.5. The number of aromatic amines is 1. The number of ether oxygens (including phenoxy) is 5. The number of amides is 1. The number of halogens is 3. The number of carbonyl (C=O) groups is 1. The van der Waals surface area contributed by atoms with Gasteiger partial charge in [-0.15, -0.1) is 0 Å². The van der Waals surface area contributed by atoms with Gasteiger partial charge in [0.05, 0.1) is 12.9 Å². The lowest BCUT2D eigenvalue weighted by atomic mass is 10.1. The highest BCUT2D eigenvalue weighted by atomic mass is 32.2. The van der Waals surface area contributed by atoms with Crippen LogP contribution in [0, 0.1) is 5.92 Å². The molecule has 15 nitrogen and oxygen atoms in total. The standard InChI is InChI=1S/C25H34F3N5O10S/c1-13(2)21(34)31-24-30-20-17(22(35)32-24)29-12-33(20)23-19(43-44(36,37)25(26,27)28)18(42-16-8-4-6-10-39-16)14(41-23)11-40-15-7-3-5-9-38-15/h12-16,18-19,23H,3-11H2,1-2H3,(H2,30,31,32,34,35)/t14-,15?,16?,18-,19+,23-/m1/s1. The summed E-state index contributed by atoms with van der Waals surface area (Å²) in [6, 6.07) is 0.